The van der Waals surface area contributed by atoms with E-state index >= 15 is 0 Å². The van der Waals surface area contributed by atoms with E-state index < -0.39 is 10.0 Å². The number of benzene rings is 1. The summed E-state index contributed by atoms with van der Waals surface area (Å²) in [4.78, 5) is 26.1. The standard InChI is InChI=1S/C19H29N3O4S/c1-4-15(5-2)13-21(6-3)19(24)16-7-9-17(10-8-16)27(25,26)22-12-11-20-18(23)14-22/h7-10,15H,4-6,11-14H2,1-3H3,(H,20,23). The molecule has 150 valence electrons. The Bertz CT molecular complexity index is 758. The van der Waals surface area contributed by atoms with Crippen molar-refractivity contribution in [2.75, 3.05) is 32.7 Å². The van der Waals surface area contributed by atoms with Gasteiger partial charge in [0.05, 0.1) is 11.4 Å². The van der Waals surface area contributed by atoms with E-state index in [0.717, 1.165) is 17.1 Å². The average Bonchev–Trinajstić information content (AvgIpc) is 2.68. The van der Waals surface area contributed by atoms with Crippen LogP contribution >= 0.6 is 0 Å². The molecule has 1 N–H and O–H groups in total. The molecule has 8 heteroatoms. The lowest BCUT2D eigenvalue weighted by molar-refractivity contribution is -0.122. The van der Waals surface area contributed by atoms with Crippen molar-refractivity contribution in [3.8, 4) is 0 Å². The van der Waals surface area contributed by atoms with Crippen LogP contribution < -0.4 is 5.32 Å². The molecule has 0 saturated carbocycles. The molecule has 1 aliphatic rings. The zero-order valence-corrected chi connectivity index (χ0v) is 17.1. The molecule has 2 rings (SSSR count). The number of hydrogen-bond donors (Lipinski definition) is 1. The zero-order chi connectivity index (χ0) is 20.0. The third kappa shape index (κ3) is 5.07. The smallest absolute Gasteiger partial charge is 0.253 e. The SMILES string of the molecule is CCC(CC)CN(CC)C(=O)c1ccc(S(=O)(=O)N2CCNC(=O)C2)cc1. The summed E-state index contributed by atoms with van der Waals surface area (Å²) in [6.45, 7) is 7.86. The van der Waals surface area contributed by atoms with Crippen molar-refractivity contribution in [2.45, 2.75) is 38.5 Å². The lowest BCUT2D eigenvalue weighted by Crippen LogP contribution is -2.49. The molecule has 27 heavy (non-hydrogen) atoms. The highest BCUT2D eigenvalue weighted by Gasteiger charge is 2.29. The molecular weight excluding hydrogens is 366 g/mol. The molecule has 0 aliphatic carbocycles. The van der Waals surface area contributed by atoms with Gasteiger partial charge in [0.2, 0.25) is 15.9 Å². The van der Waals surface area contributed by atoms with E-state index in [1.165, 1.54) is 12.1 Å². The first kappa shape index (κ1) is 21.4. The molecule has 1 fully saturated rings. The number of piperazine rings is 1. The van der Waals surface area contributed by atoms with Gasteiger partial charge in [0.1, 0.15) is 0 Å². The maximum absolute atomic E-state index is 12.8. The van der Waals surface area contributed by atoms with Gasteiger partial charge in [-0.05, 0) is 37.1 Å². The van der Waals surface area contributed by atoms with Gasteiger partial charge in [-0.3, -0.25) is 9.59 Å². The Morgan fingerprint density at radius 2 is 1.81 bits per heavy atom. The maximum Gasteiger partial charge on any atom is 0.253 e. The van der Waals surface area contributed by atoms with Gasteiger partial charge in [-0.2, -0.15) is 4.31 Å². The average molecular weight is 396 g/mol. The van der Waals surface area contributed by atoms with Gasteiger partial charge in [0.15, 0.2) is 0 Å². The van der Waals surface area contributed by atoms with Crippen LogP contribution in [0.4, 0.5) is 0 Å². The Morgan fingerprint density at radius 3 is 2.33 bits per heavy atom. The Hall–Kier alpha value is -1.93. The molecule has 0 unspecified atom stereocenters. The number of sulfonamides is 1. The first-order valence-corrected chi connectivity index (χ1v) is 10.9. The summed E-state index contributed by atoms with van der Waals surface area (Å²) in [6.07, 6.45) is 2.03. The van der Waals surface area contributed by atoms with Gasteiger partial charge in [0.25, 0.3) is 5.91 Å². The molecule has 0 aromatic heterocycles. The number of carbonyl (C=O) groups is 2. The highest BCUT2D eigenvalue weighted by molar-refractivity contribution is 7.89. The van der Waals surface area contributed by atoms with Crippen LogP contribution in [0.15, 0.2) is 29.2 Å². The van der Waals surface area contributed by atoms with E-state index in [0.29, 0.717) is 31.1 Å². The molecule has 1 aliphatic heterocycles. The number of carbonyl (C=O) groups excluding carboxylic acids is 2. The summed E-state index contributed by atoms with van der Waals surface area (Å²) in [6, 6.07) is 5.99. The van der Waals surface area contributed by atoms with Crippen LogP contribution in [-0.4, -0.2) is 62.2 Å². The summed E-state index contributed by atoms with van der Waals surface area (Å²) in [5.41, 5.74) is 0.471. The normalized spacial score (nSPS) is 15.6. The molecule has 1 saturated heterocycles. The molecule has 1 aromatic rings. The third-order valence-corrected chi connectivity index (χ3v) is 6.90. The summed E-state index contributed by atoms with van der Waals surface area (Å²) in [7, 11) is -3.74. The van der Waals surface area contributed by atoms with Gasteiger partial charge < -0.3 is 10.2 Å². The van der Waals surface area contributed by atoms with Crippen LogP contribution in [0.2, 0.25) is 0 Å². The molecule has 7 nitrogen and oxygen atoms in total. The zero-order valence-electron chi connectivity index (χ0n) is 16.3. The summed E-state index contributed by atoms with van der Waals surface area (Å²) in [5, 5.41) is 2.61. The lowest BCUT2D eigenvalue weighted by atomic mass is 10.0. The summed E-state index contributed by atoms with van der Waals surface area (Å²) in [5.74, 6) is 0.0566. The fraction of sp³-hybridized carbons (Fsp3) is 0.579. The second-order valence-electron chi connectivity index (χ2n) is 6.74. The molecule has 0 bridgehead atoms. The lowest BCUT2D eigenvalue weighted by Gasteiger charge is -2.26. The highest BCUT2D eigenvalue weighted by Crippen LogP contribution is 2.19. The predicted molar refractivity (Wildman–Crippen MR) is 104 cm³/mol. The van der Waals surface area contributed by atoms with Crippen molar-refractivity contribution < 1.29 is 18.0 Å². The molecule has 0 atom stereocenters. The van der Waals surface area contributed by atoms with Crippen LogP contribution in [0.5, 0.6) is 0 Å². The van der Waals surface area contributed by atoms with Crippen LogP contribution in [0.3, 0.4) is 0 Å². The quantitative estimate of drug-likeness (QED) is 0.726. The maximum atomic E-state index is 12.8. The van der Waals surface area contributed by atoms with E-state index in [1.54, 1.807) is 17.0 Å². The highest BCUT2D eigenvalue weighted by atomic mass is 32.2. The van der Waals surface area contributed by atoms with Crippen molar-refractivity contribution in [2.24, 2.45) is 5.92 Å². The Labute approximate surface area is 161 Å². The molecule has 1 heterocycles. The van der Waals surface area contributed by atoms with Crippen molar-refractivity contribution in [3.05, 3.63) is 29.8 Å². The second-order valence-corrected chi connectivity index (χ2v) is 8.68. The summed E-state index contributed by atoms with van der Waals surface area (Å²) >= 11 is 0. The minimum absolute atomic E-state index is 0.0919. The Morgan fingerprint density at radius 1 is 1.19 bits per heavy atom. The molecule has 2 amide bonds. The first-order valence-electron chi connectivity index (χ1n) is 9.49. The van der Waals surface area contributed by atoms with E-state index in [9.17, 15) is 18.0 Å². The first-order chi connectivity index (χ1) is 12.8. The molecule has 1 aromatic carbocycles. The number of nitrogens with zero attached hydrogens (tertiary/aromatic N) is 2. The van der Waals surface area contributed by atoms with Gasteiger partial charge in [-0.25, -0.2) is 8.42 Å². The Kier molecular flexibility index (Phi) is 7.38. The van der Waals surface area contributed by atoms with Gasteiger partial charge >= 0.3 is 0 Å². The minimum Gasteiger partial charge on any atom is -0.354 e. The summed E-state index contributed by atoms with van der Waals surface area (Å²) < 4.78 is 26.5. The van der Waals surface area contributed by atoms with Gasteiger partial charge in [-0.15, -0.1) is 0 Å². The van der Waals surface area contributed by atoms with Crippen molar-refractivity contribution in [3.63, 3.8) is 0 Å². The van der Waals surface area contributed by atoms with Crippen LogP contribution in [0.1, 0.15) is 44.0 Å². The van der Waals surface area contributed by atoms with E-state index in [1.807, 2.05) is 6.92 Å². The molecule has 0 spiro atoms. The molecule has 0 radical (unpaired) electrons. The van der Waals surface area contributed by atoms with Crippen molar-refractivity contribution in [1.29, 1.82) is 0 Å². The van der Waals surface area contributed by atoms with Crippen molar-refractivity contribution in [1.82, 2.24) is 14.5 Å². The monoisotopic (exact) mass is 395 g/mol. The fourth-order valence-electron chi connectivity index (χ4n) is 3.14. The van der Waals surface area contributed by atoms with Crippen LogP contribution in [0.25, 0.3) is 0 Å². The van der Waals surface area contributed by atoms with Crippen LogP contribution in [0, 0.1) is 5.92 Å². The third-order valence-electron chi connectivity index (χ3n) is 5.04. The molecular formula is C19H29N3O4S. The van der Waals surface area contributed by atoms with Gasteiger partial charge in [0, 0.05) is 31.7 Å². The van der Waals surface area contributed by atoms with Crippen LogP contribution in [-0.2, 0) is 14.8 Å². The fourth-order valence-corrected chi connectivity index (χ4v) is 4.53. The van der Waals surface area contributed by atoms with E-state index in [4.69, 9.17) is 0 Å². The number of rotatable bonds is 8. The largest absolute Gasteiger partial charge is 0.354 e. The second kappa shape index (κ2) is 9.32. The van der Waals surface area contributed by atoms with E-state index in [2.05, 4.69) is 19.2 Å². The van der Waals surface area contributed by atoms with Crippen molar-refractivity contribution >= 4 is 21.8 Å². The predicted octanol–water partition coefficient (Wildman–Crippen LogP) is 1.71. The topological polar surface area (TPSA) is 86.8 Å². The number of amides is 2. The number of nitrogens with one attached hydrogen (secondary N) is 1. The van der Waals surface area contributed by atoms with Gasteiger partial charge in [-0.1, -0.05) is 26.7 Å². The minimum atomic E-state index is -3.74. The Balaban J connectivity index is 2.15. The number of hydrogen-bond acceptors (Lipinski definition) is 4. The van der Waals surface area contributed by atoms with E-state index in [-0.39, 0.29) is 29.8 Å².